The summed E-state index contributed by atoms with van der Waals surface area (Å²) >= 11 is 0. The number of rotatable bonds is 13. The lowest BCUT2D eigenvalue weighted by Gasteiger charge is -2.15. The average molecular weight is 418 g/mol. The molecular weight excluding hydrogens is 392 g/mol. The molecule has 30 heavy (non-hydrogen) atoms. The fraction of sp³-hybridized carbons (Fsp3) is 0.273. The zero-order chi connectivity index (χ0) is 21.9. The fourth-order valence-electron chi connectivity index (χ4n) is 2.64. The molecule has 8 nitrogen and oxygen atoms in total. The molecule has 8 heteroatoms. The van der Waals surface area contributed by atoms with Gasteiger partial charge < -0.3 is 19.7 Å². The van der Waals surface area contributed by atoms with E-state index in [1.165, 1.54) is 0 Å². The molecular formula is C22H26O8. The van der Waals surface area contributed by atoms with Gasteiger partial charge in [0.15, 0.2) is 0 Å². The van der Waals surface area contributed by atoms with Gasteiger partial charge in [-0.3, -0.25) is 10.5 Å². The van der Waals surface area contributed by atoms with Crippen molar-refractivity contribution in [3.05, 3.63) is 72.8 Å². The number of benzene rings is 2. The molecule has 4 N–H and O–H groups in total. The van der Waals surface area contributed by atoms with Gasteiger partial charge >= 0.3 is 0 Å². The van der Waals surface area contributed by atoms with Crippen molar-refractivity contribution >= 4 is 11.1 Å². The smallest absolute Gasteiger partial charge is 0.141 e. The van der Waals surface area contributed by atoms with Crippen LogP contribution in [0.15, 0.2) is 61.7 Å². The van der Waals surface area contributed by atoms with E-state index in [0.717, 1.165) is 0 Å². The lowest BCUT2D eigenvalue weighted by molar-refractivity contribution is -0.268. The Balaban J connectivity index is 1.80. The summed E-state index contributed by atoms with van der Waals surface area (Å²) in [5.41, 5.74) is 2.33. The van der Waals surface area contributed by atoms with Gasteiger partial charge in [0, 0.05) is 0 Å². The van der Waals surface area contributed by atoms with Crippen molar-refractivity contribution in [1.82, 2.24) is 0 Å². The molecule has 0 heterocycles. The first-order valence-electron chi connectivity index (χ1n) is 9.20. The summed E-state index contributed by atoms with van der Waals surface area (Å²) in [6, 6.07) is 14.0. The zero-order valence-corrected chi connectivity index (χ0v) is 16.4. The van der Waals surface area contributed by atoms with Gasteiger partial charge in [-0.05, 0) is 46.5 Å². The second-order valence-corrected chi connectivity index (χ2v) is 6.35. The molecule has 0 aliphatic rings. The van der Waals surface area contributed by atoms with E-state index < -0.39 is 12.2 Å². The van der Waals surface area contributed by atoms with Crippen LogP contribution in [0.3, 0.4) is 0 Å². The molecule has 0 bridgehead atoms. The summed E-state index contributed by atoms with van der Waals surface area (Å²) in [6.07, 6.45) is -1.75. The number of hydrogen-bond donors (Lipinski definition) is 4. The molecule has 2 aromatic rings. The van der Waals surface area contributed by atoms with Crippen molar-refractivity contribution < 1.29 is 40.0 Å². The molecule has 0 aromatic heterocycles. The minimum absolute atomic E-state index is 0.318. The second-order valence-electron chi connectivity index (χ2n) is 6.35. The summed E-state index contributed by atoms with van der Waals surface area (Å²) in [5.74, 6) is 1.26. The van der Waals surface area contributed by atoms with Crippen molar-refractivity contribution in [2.45, 2.75) is 12.2 Å². The van der Waals surface area contributed by atoms with E-state index >= 15 is 0 Å². The summed E-state index contributed by atoms with van der Waals surface area (Å²) < 4.78 is 11.3. The monoisotopic (exact) mass is 418 g/mol. The van der Waals surface area contributed by atoms with Crippen LogP contribution in [0, 0.1) is 0 Å². The first-order chi connectivity index (χ1) is 14.5. The number of aliphatic hydroxyl groups is 2. The lowest BCUT2D eigenvalue weighted by Crippen LogP contribution is -2.17. The van der Waals surface area contributed by atoms with Crippen molar-refractivity contribution in [3.8, 4) is 11.5 Å². The van der Waals surface area contributed by atoms with Crippen LogP contribution in [0.1, 0.15) is 11.1 Å². The SMILES string of the molecule is C=C(c1ccc(OCCOc2ccc(C(=C)C(CO)OO)cc2)cc1)C(CO)OO. The largest absolute Gasteiger partial charge is 0.490 e. The van der Waals surface area contributed by atoms with Crippen molar-refractivity contribution in [1.29, 1.82) is 0 Å². The maximum Gasteiger partial charge on any atom is 0.141 e. The molecule has 0 radical (unpaired) electrons. The minimum Gasteiger partial charge on any atom is -0.490 e. The van der Waals surface area contributed by atoms with Crippen molar-refractivity contribution in [3.63, 3.8) is 0 Å². The minimum atomic E-state index is -0.876. The predicted molar refractivity (Wildman–Crippen MR) is 111 cm³/mol. The van der Waals surface area contributed by atoms with Crippen LogP contribution in [0.4, 0.5) is 0 Å². The van der Waals surface area contributed by atoms with Gasteiger partial charge in [-0.15, -0.1) is 0 Å². The van der Waals surface area contributed by atoms with Crippen LogP contribution in [0.25, 0.3) is 11.1 Å². The topological polar surface area (TPSA) is 118 Å². The molecule has 0 amide bonds. The van der Waals surface area contributed by atoms with Crippen LogP contribution >= 0.6 is 0 Å². The first kappa shape index (κ1) is 23.6. The van der Waals surface area contributed by atoms with Gasteiger partial charge in [0.05, 0.1) is 13.2 Å². The molecule has 0 fully saturated rings. The highest BCUT2D eigenvalue weighted by atomic mass is 17.1. The summed E-state index contributed by atoms with van der Waals surface area (Å²) in [4.78, 5) is 8.36. The zero-order valence-electron chi connectivity index (χ0n) is 16.4. The third-order valence-electron chi connectivity index (χ3n) is 4.43. The van der Waals surface area contributed by atoms with Crippen molar-refractivity contribution in [2.75, 3.05) is 26.4 Å². The third-order valence-corrected chi connectivity index (χ3v) is 4.43. The highest BCUT2D eigenvalue weighted by Gasteiger charge is 2.15. The van der Waals surface area contributed by atoms with Crippen LogP contribution in [0.2, 0.25) is 0 Å². The number of hydrogen-bond acceptors (Lipinski definition) is 8. The van der Waals surface area contributed by atoms with Crippen LogP contribution < -0.4 is 9.47 Å². The van der Waals surface area contributed by atoms with Crippen molar-refractivity contribution in [2.24, 2.45) is 0 Å². The number of aliphatic hydroxyl groups excluding tert-OH is 2. The number of ether oxygens (including phenoxy) is 2. The van der Waals surface area contributed by atoms with Gasteiger partial charge in [0.1, 0.15) is 36.9 Å². The Morgan fingerprint density at radius 2 is 1.00 bits per heavy atom. The summed E-state index contributed by atoms with van der Waals surface area (Å²) in [5, 5.41) is 35.7. The predicted octanol–water partition coefficient (Wildman–Crippen LogP) is 2.87. The van der Waals surface area contributed by atoms with E-state index in [9.17, 15) is 0 Å². The molecule has 0 spiro atoms. The van der Waals surface area contributed by atoms with Crippen LogP contribution in [0.5, 0.6) is 11.5 Å². The van der Waals surface area contributed by atoms with Crippen LogP contribution in [-0.4, -0.2) is 59.4 Å². The Morgan fingerprint density at radius 3 is 1.27 bits per heavy atom. The Kier molecular flexibility index (Phi) is 9.49. The average Bonchev–Trinajstić information content (AvgIpc) is 2.79. The fourth-order valence-corrected chi connectivity index (χ4v) is 2.64. The van der Waals surface area contributed by atoms with Gasteiger partial charge in [-0.2, -0.15) is 0 Å². The maximum absolute atomic E-state index is 9.12. The van der Waals surface area contributed by atoms with E-state index in [2.05, 4.69) is 22.9 Å². The van der Waals surface area contributed by atoms with Gasteiger partial charge in [0.2, 0.25) is 0 Å². The van der Waals surface area contributed by atoms with E-state index in [1.54, 1.807) is 48.5 Å². The van der Waals surface area contributed by atoms with E-state index in [4.69, 9.17) is 30.2 Å². The Bertz CT molecular complexity index is 723. The van der Waals surface area contributed by atoms with Gasteiger partial charge in [-0.1, -0.05) is 37.4 Å². The van der Waals surface area contributed by atoms with E-state index in [0.29, 0.717) is 47.0 Å². The molecule has 162 valence electrons. The summed E-state index contributed by atoms with van der Waals surface area (Å²) in [7, 11) is 0. The molecule has 0 saturated heterocycles. The van der Waals surface area contributed by atoms with E-state index in [1.807, 2.05) is 0 Å². The standard InChI is InChI=1S/C22H26O8/c1-15(21(13-23)29-25)17-3-7-19(8-4-17)27-11-12-28-20-9-5-18(6-10-20)16(2)22(14-24)30-26/h3-10,21-26H,1-2,11-14H2. The quantitative estimate of drug-likeness (QED) is 0.223. The van der Waals surface area contributed by atoms with Gasteiger partial charge in [0.25, 0.3) is 0 Å². The maximum atomic E-state index is 9.12. The molecule has 2 rings (SSSR count). The Morgan fingerprint density at radius 1 is 0.667 bits per heavy atom. The second kappa shape index (κ2) is 12.1. The lowest BCUT2D eigenvalue weighted by atomic mass is 10.0. The Hall–Kier alpha value is -2.72. The summed E-state index contributed by atoms with van der Waals surface area (Å²) in [6.45, 7) is 7.48. The Labute approximate surface area is 174 Å². The molecule has 2 unspecified atom stereocenters. The molecule has 0 aliphatic heterocycles. The van der Waals surface area contributed by atoms with E-state index in [-0.39, 0.29) is 13.2 Å². The third kappa shape index (κ3) is 6.39. The molecule has 2 atom stereocenters. The highest BCUT2D eigenvalue weighted by Crippen LogP contribution is 2.23. The highest BCUT2D eigenvalue weighted by molar-refractivity contribution is 5.68. The molecule has 0 aliphatic carbocycles. The first-order valence-corrected chi connectivity index (χ1v) is 9.20. The normalized spacial score (nSPS) is 12.8. The van der Waals surface area contributed by atoms with Gasteiger partial charge in [-0.25, -0.2) is 9.78 Å². The molecule has 0 saturated carbocycles. The van der Waals surface area contributed by atoms with Crippen LogP contribution in [-0.2, 0) is 9.78 Å². The molecule has 2 aromatic carbocycles.